The number of methoxy groups -OCH3 is 1. The Morgan fingerprint density at radius 2 is 0.790 bits per heavy atom. The van der Waals surface area contributed by atoms with Gasteiger partial charge in [-0.2, -0.15) is 58.0 Å². The van der Waals surface area contributed by atoms with Crippen molar-refractivity contribution in [3.05, 3.63) is 348 Å². The van der Waals surface area contributed by atoms with Crippen LogP contribution in [0.1, 0.15) is 22.3 Å². The molecule has 4 radical (unpaired) electrons. The van der Waals surface area contributed by atoms with E-state index in [4.69, 9.17) is 4.74 Å². The number of halogens is 13. The monoisotopic (exact) mass is 2370 g/mol. The summed E-state index contributed by atoms with van der Waals surface area (Å²) < 4.78 is 177. The van der Waals surface area contributed by atoms with Gasteiger partial charge in [0.25, 0.3) is 0 Å². The van der Waals surface area contributed by atoms with Crippen LogP contribution in [0.4, 0.5) is 57.4 Å². The summed E-state index contributed by atoms with van der Waals surface area (Å²) in [6.07, 6.45) is -2.68. The van der Waals surface area contributed by atoms with E-state index in [1.165, 1.54) is 90.2 Å². The molecule has 16 aromatic rings. The number of aliphatic hydroxyl groups excluding tert-OH is 1. The van der Waals surface area contributed by atoms with E-state index >= 15 is 0 Å². The Hall–Kier alpha value is -10.7. The number of aliphatic hydroxyl groups is 1. The minimum atomic E-state index is -4.48. The summed E-state index contributed by atoms with van der Waals surface area (Å²) in [6, 6.07) is 75.6. The molecule has 16 rings (SSSR count). The van der Waals surface area contributed by atoms with Gasteiger partial charge in [0.15, 0.2) is 34.9 Å². The van der Waals surface area contributed by atoms with Crippen LogP contribution >= 0.6 is 24.4 Å². The molecule has 4 heterocycles. The number of rotatable bonds is 16. The van der Waals surface area contributed by atoms with Crippen LogP contribution in [0.25, 0.3) is 114 Å². The zero-order valence-electron chi connectivity index (χ0n) is 61.4. The molecule has 0 saturated carbocycles. The van der Waals surface area contributed by atoms with Gasteiger partial charge in [0.1, 0.15) is 17.5 Å². The summed E-state index contributed by atoms with van der Waals surface area (Å²) in [4.78, 5) is 0.504. The molecule has 0 aliphatic heterocycles. The van der Waals surface area contributed by atoms with E-state index in [1.807, 2.05) is 66.7 Å². The molecule has 1 N–H and O–H groups in total. The average molecular weight is 2370 g/mol. The number of benzene rings is 12. The van der Waals surface area contributed by atoms with E-state index in [0.29, 0.717) is 102 Å². The second-order valence-electron chi connectivity index (χ2n) is 24.7. The van der Waals surface area contributed by atoms with Gasteiger partial charge in [0, 0.05) is 149 Å². The zero-order valence-corrected chi connectivity index (χ0v) is 72.7. The molecule has 616 valence electrons. The van der Waals surface area contributed by atoms with Crippen molar-refractivity contribution < 1.29 is 148 Å². The molecule has 0 fully saturated rings. The van der Waals surface area contributed by atoms with E-state index in [1.54, 1.807) is 112 Å². The molecule has 33 heteroatoms. The maximum atomic E-state index is 14.4. The average Bonchev–Trinajstić information content (AvgIpc) is 1.66. The van der Waals surface area contributed by atoms with E-state index in [-0.39, 0.29) is 137 Å². The number of thioether (sulfide) groups is 1. The summed E-state index contributed by atoms with van der Waals surface area (Å²) >= 11 is 5.45. The number of para-hydroxylation sites is 4. The molecule has 0 bridgehead atoms. The SMILES string of the molecule is COc1c[c-]c(-c2nnc(-c3ccc(CO)c(F)c3)n2-c2ccccc2)cc1F.CSc1c[c-]c(-c2nnc(-c3ccc(CS)c(F)c3)n2-c2ccccc2)cc1F.Cc1cc(-c2nnc(-c3[c-]cc(F)cc3)n2-c2ccccc2)cc(C(F)(F)F)c1.F.Fc1c[c-]c(-c2nnc(-c3cc(F)cc(F)c3F)n2-c2ccccc2)cc1.[Ir].[Ir].[Ir].[Ir]. The number of nitrogens with zero attached hydrogens (tertiary/aromatic N) is 12. The molecule has 14 nitrogen and oxygen atoms in total. The first-order valence-electron chi connectivity index (χ1n) is 34.1. The van der Waals surface area contributed by atoms with Crippen molar-refractivity contribution in [1.82, 2.24) is 59.1 Å². The molecule has 0 unspecified atom stereocenters. The van der Waals surface area contributed by atoms with E-state index < -0.39 is 59.1 Å². The van der Waals surface area contributed by atoms with Gasteiger partial charge in [-0.15, -0.1) is 128 Å². The third kappa shape index (κ3) is 21.5. The summed E-state index contributed by atoms with van der Waals surface area (Å²) in [5.74, 6) is -3.54. The van der Waals surface area contributed by atoms with Crippen molar-refractivity contribution in [3.8, 4) is 120 Å². The maximum Gasteiger partial charge on any atom is 0.416 e. The maximum absolute atomic E-state index is 14.4. The fourth-order valence-corrected chi connectivity index (χ4v) is 12.5. The van der Waals surface area contributed by atoms with Gasteiger partial charge < -0.3 is 28.1 Å². The van der Waals surface area contributed by atoms with E-state index in [2.05, 4.69) is 77.7 Å². The van der Waals surface area contributed by atoms with Crippen LogP contribution in [-0.4, -0.2) is 77.5 Å². The second-order valence-corrected chi connectivity index (χ2v) is 25.9. The van der Waals surface area contributed by atoms with Gasteiger partial charge >= 0.3 is 6.18 Å². The molecule has 0 spiro atoms. The Labute approximate surface area is 736 Å². The Morgan fingerprint density at radius 3 is 1.18 bits per heavy atom. The standard InChI is InChI=1S/C22H14F4N3.C22H16F2N3O2.C22H16F2N3S2.C20H10F4N3.FH.4Ir/c1-14-11-16(13-17(12-14)22(24,25)26)21-28-27-20(15-7-9-18(23)10-8-15)29(21)19-5-3-2-4-6-19;2*1-29-20-10-9-15(12-19(20)24)22-26-25-21(27(22)17-5-3-2-4-6-17)14-7-8-16(13-28)18(23)11-14;21-13-8-6-12(7-9-13)19-25-26-20(27(19)15-4-2-1-3-5-15)16-10-14(22)11-17(23)18(16)24;;;;;/h2-7,9-13H,1H3;2*2-8,10-12,28H,13H2,1H3;1-6,8-11H;1H;;;;/q4*-1;;;;;. The van der Waals surface area contributed by atoms with E-state index in [0.717, 1.165) is 35.6 Å². The van der Waals surface area contributed by atoms with Crippen molar-refractivity contribution >= 4 is 24.4 Å². The minimum Gasteiger partial charge on any atom is -0.537 e. The minimum absolute atomic E-state index is 0. The Bertz CT molecular complexity index is 5760. The molecule has 0 atom stereocenters. The fourth-order valence-electron chi connectivity index (χ4n) is 11.8. The Morgan fingerprint density at radius 1 is 0.395 bits per heavy atom. The van der Waals surface area contributed by atoms with Crippen LogP contribution in [-0.2, 0) is 99.0 Å². The normalized spacial score (nSPS) is 10.7. The third-order valence-corrected chi connectivity index (χ3v) is 18.3. The predicted octanol–water partition coefficient (Wildman–Crippen LogP) is 21.0. The van der Waals surface area contributed by atoms with Crippen molar-refractivity contribution in [2.45, 2.75) is 30.4 Å². The van der Waals surface area contributed by atoms with Crippen LogP contribution in [0.5, 0.6) is 5.75 Å². The molecular formula is C86H57F13Ir4N12O2S2-4. The fraction of sp³-hybridized carbons (Fsp3) is 0.0698. The van der Waals surface area contributed by atoms with Gasteiger partial charge in [-0.3, -0.25) is 13.5 Å². The summed E-state index contributed by atoms with van der Waals surface area (Å²) in [6.45, 7) is 1.19. The van der Waals surface area contributed by atoms with E-state index in [9.17, 15) is 57.8 Å². The predicted molar refractivity (Wildman–Crippen MR) is 413 cm³/mol. The van der Waals surface area contributed by atoms with Crippen molar-refractivity contribution in [2.75, 3.05) is 13.4 Å². The number of aryl methyl sites for hydroxylation is 1. The van der Waals surface area contributed by atoms with Gasteiger partial charge in [-0.25, -0.2) is 30.7 Å². The first kappa shape index (κ1) is 93.8. The largest absolute Gasteiger partial charge is 0.537 e. The van der Waals surface area contributed by atoms with Gasteiger partial charge in [-0.05, 0) is 114 Å². The quantitative estimate of drug-likeness (QED) is 0.0313. The Kier molecular flexibility index (Phi) is 33.4. The number of ether oxygens (including phenoxy) is 1. The number of alkyl halides is 3. The van der Waals surface area contributed by atoms with Crippen LogP contribution in [0, 0.1) is 83.5 Å². The van der Waals surface area contributed by atoms with Crippen LogP contribution in [0.2, 0.25) is 0 Å². The number of hydrogen-bond donors (Lipinski definition) is 2. The molecule has 0 aliphatic rings. The van der Waals surface area contributed by atoms with Crippen molar-refractivity contribution in [1.29, 1.82) is 0 Å². The van der Waals surface area contributed by atoms with Gasteiger partial charge in [0.2, 0.25) is 0 Å². The first-order chi connectivity index (χ1) is 55.1. The van der Waals surface area contributed by atoms with Crippen LogP contribution in [0.15, 0.2) is 254 Å². The first-order valence-corrected chi connectivity index (χ1v) is 36.0. The molecule has 119 heavy (non-hydrogen) atoms. The number of hydrogen-bond acceptors (Lipinski definition) is 12. The summed E-state index contributed by atoms with van der Waals surface area (Å²) in [7, 11) is 1.38. The second kappa shape index (κ2) is 42.3. The van der Waals surface area contributed by atoms with Crippen molar-refractivity contribution in [2.24, 2.45) is 0 Å². The molecule has 0 saturated heterocycles. The molecule has 12 aromatic carbocycles. The van der Waals surface area contributed by atoms with Crippen molar-refractivity contribution in [3.63, 3.8) is 0 Å². The zero-order chi connectivity index (χ0) is 80.3. The third-order valence-electron chi connectivity index (χ3n) is 17.3. The molecular weight excluding hydrogens is 2310 g/mol. The van der Waals surface area contributed by atoms with Gasteiger partial charge in [0.05, 0.1) is 65.5 Å². The van der Waals surface area contributed by atoms with Gasteiger partial charge in [-0.1, -0.05) is 97.1 Å². The number of aromatic nitrogens is 12. The van der Waals surface area contributed by atoms with Crippen LogP contribution in [0.3, 0.4) is 0 Å². The van der Waals surface area contributed by atoms with Crippen LogP contribution < -0.4 is 4.74 Å². The topological polar surface area (TPSA) is 152 Å². The molecule has 0 aliphatic carbocycles. The molecule has 4 aromatic heterocycles. The number of thiol groups is 1. The Balaban J connectivity index is 0.000000195. The summed E-state index contributed by atoms with van der Waals surface area (Å²) in [5.41, 5.74) is 5.72. The smallest absolute Gasteiger partial charge is 0.416 e. The molecule has 0 amide bonds. The summed E-state index contributed by atoms with van der Waals surface area (Å²) in [5, 5.41) is 42.5.